The van der Waals surface area contributed by atoms with Crippen LogP contribution in [0.1, 0.15) is 18.8 Å². The third-order valence-electron chi connectivity index (χ3n) is 2.57. The average molecular weight is 318 g/mol. The third-order valence-corrected chi connectivity index (χ3v) is 3.50. The predicted octanol–water partition coefficient (Wildman–Crippen LogP) is -0.729. The zero-order chi connectivity index (χ0) is 15.8. The number of methoxy groups -OCH3 is 1. The molecule has 1 aromatic heterocycles. The van der Waals surface area contributed by atoms with Crippen molar-refractivity contribution in [2.45, 2.75) is 24.7 Å². The molecule has 0 spiro atoms. The Labute approximate surface area is 125 Å². The van der Waals surface area contributed by atoms with Gasteiger partial charge in [0.1, 0.15) is 12.6 Å². The van der Waals surface area contributed by atoms with Gasteiger partial charge in [0.05, 0.1) is 12.4 Å². The molecular weight excluding hydrogens is 300 g/mol. The number of thioether (sulfide) groups is 1. The van der Waals surface area contributed by atoms with Crippen LogP contribution in [-0.4, -0.2) is 62.9 Å². The van der Waals surface area contributed by atoms with E-state index in [9.17, 15) is 14.7 Å². The number of hydrogen-bond acceptors (Lipinski definition) is 7. The molecule has 0 aliphatic rings. The summed E-state index contributed by atoms with van der Waals surface area (Å²) < 4.78 is 6.27. The van der Waals surface area contributed by atoms with Gasteiger partial charge in [-0.2, -0.15) is 0 Å². The van der Waals surface area contributed by atoms with Crippen LogP contribution >= 0.6 is 11.8 Å². The fraction of sp³-hybridized carbons (Fsp3) is 0.636. The molecule has 21 heavy (non-hydrogen) atoms. The van der Waals surface area contributed by atoms with Crippen molar-refractivity contribution < 1.29 is 24.5 Å². The standard InChI is InChI=1S/C11H18N4O5S/c1-7(10(19)12-3-4-20-2)15-8(5-16)13-14-11(15)21-6-9(17)18/h7,16H,3-6H2,1-2H3,(H,12,19)(H,17,18). The second-order valence-corrected chi connectivity index (χ2v) is 5.01. The summed E-state index contributed by atoms with van der Waals surface area (Å²) >= 11 is 0.939. The van der Waals surface area contributed by atoms with Gasteiger partial charge in [-0.25, -0.2) is 0 Å². The molecule has 1 rings (SSSR count). The number of aliphatic hydroxyl groups excluding tert-OH is 1. The van der Waals surface area contributed by atoms with Crippen molar-refractivity contribution in [3.05, 3.63) is 5.82 Å². The number of ether oxygens (including phenoxy) is 1. The monoisotopic (exact) mass is 318 g/mol. The van der Waals surface area contributed by atoms with Gasteiger partial charge in [-0.1, -0.05) is 11.8 Å². The van der Waals surface area contributed by atoms with Crippen molar-refractivity contribution in [3.63, 3.8) is 0 Å². The van der Waals surface area contributed by atoms with Crippen LogP contribution in [0.5, 0.6) is 0 Å². The highest BCUT2D eigenvalue weighted by Gasteiger charge is 2.23. The van der Waals surface area contributed by atoms with Crippen LogP contribution in [0.4, 0.5) is 0 Å². The number of nitrogens with zero attached hydrogens (tertiary/aromatic N) is 3. The van der Waals surface area contributed by atoms with E-state index in [2.05, 4.69) is 15.5 Å². The van der Waals surface area contributed by atoms with Crippen LogP contribution in [0.25, 0.3) is 0 Å². The van der Waals surface area contributed by atoms with E-state index in [1.807, 2.05) is 0 Å². The number of carbonyl (C=O) groups is 2. The Balaban J connectivity index is 2.84. The molecule has 10 heteroatoms. The summed E-state index contributed by atoms with van der Waals surface area (Å²) in [6.45, 7) is 1.97. The van der Waals surface area contributed by atoms with Crippen molar-refractivity contribution in [2.24, 2.45) is 0 Å². The van der Waals surface area contributed by atoms with Gasteiger partial charge in [0.15, 0.2) is 11.0 Å². The molecule has 0 saturated carbocycles. The molecule has 0 aromatic carbocycles. The number of hydrogen-bond donors (Lipinski definition) is 3. The third kappa shape index (κ3) is 4.99. The molecule has 118 valence electrons. The predicted molar refractivity (Wildman–Crippen MR) is 73.9 cm³/mol. The normalized spacial score (nSPS) is 12.1. The van der Waals surface area contributed by atoms with E-state index >= 15 is 0 Å². The summed E-state index contributed by atoms with van der Waals surface area (Å²) in [7, 11) is 1.53. The summed E-state index contributed by atoms with van der Waals surface area (Å²) in [6.07, 6.45) is 0. The SMILES string of the molecule is COCCNC(=O)C(C)n1c(CO)nnc1SCC(=O)O. The number of carboxylic acid groups (broad SMARTS) is 1. The topological polar surface area (TPSA) is 127 Å². The number of aliphatic carboxylic acids is 1. The van der Waals surface area contributed by atoms with E-state index in [1.54, 1.807) is 6.92 Å². The largest absolute Gasteiger partial charge is 0.481 e. The van der Waals surface area contributed by atoms with Crippen LogP contribution < -0.4 is 5.32 Å². The van der Waals surface area contributed by atoms with Crippen LogP contribution in [0.15, 0.2) is 5.16 Å². The first-order chi connectivity index (χ1) is 10.0. The second-order valence-electron chi connectivity index (χ2n) is 4.07. The number of aromatic nitrogens is 3. The molecule has 0 fully saturated rings. The van der Waals surface area contributed by atoms with Crippen LogP contribution in [0, 0.1) is 0 Å². The summed E-state index contributed by atoms with van der Waals surface area (Å²) in [5.74, 6) is -1.30. The molecule has 0 aliphatic carbocycles. The van der Waals surface area contributed by atoms with E-state index in [0.29, 0.717) is 13.2 Å². The molecule has 0 bridgehead atoms. The van der Waals surface area contributed by atoms with Crippen LogP contribution in [0.2, 0.25) is 0 Å². The van der Waals surface area contributed by atoms with Gasteiger partial charge in [-0.05, 0) is 6.92 Å². The lowest BCUT2D eigenvalue weighted by molar-refractivity contribution is -0.134. The number of rotatable bonds is 9. The van der Waals surface area contributed by atoms with Gasteiger partial charge in [0, 0.05) is 13.7 Å². The first kappa shape index (κ1) is 17.4. The number of carboxylic acids is 1. The Morgan fingerprint density at radius 3 is 2.76 bits per heavy atom. The minimum absolute atomic E-state index is 0.206. The van der Waals surface area contributed by atoms with Crippen molar-refractivity contribution in [1.29, 1.82) is 0 Å². The van der Waals surface area contributed by atoms with Gasteiger partial charge in [-0.3, -0.25) is 14.2 Å². The molecule has 1 atom stereocenters. The maximum absolute atomic E-state index is 12.0. The Morgan fingerprint density at radius 1 is 1.48 bits per heavy atom. The Kier molecular flexibility index (Phi) is 7.12. The van der Waals surface area contributed by atoms with Crippen molar-refractivity contribution in [2.75, 3.05) is 26.0 Å². The fourth-order valence-corrected chi connectivity index (χ4v) is 2.32. The first-order valence-electron chi connectivity index (χ1n) is 6.17. The van der Waals surface area contributed by atoms with Crippen LogP contribution in [0.3, 0.4) is 0 Å². The van der Waals surface area contributed by atoms with Crippen molar-refractivity contribution >= 4 is 23.6 Å². The van der Waals surface area contributed by atoms with E-state index in [0.717, 1.165) is 11.8 Å². The molecule has 1 aromatic rings. The lowest BCUT2D eigenvalue weighted by Gasteiger charge is -2.16. The molecule has 9 nitrogen and oxygen atoms in total. The summed E-state index contributed by atoms with van der Waals surface area (Å²) in [5.41, 5.74) is 0. The minimum Gasteiger partial charge on any atom is -0.481 e. The summed E-state index contributed by atoms with van der Waals surface area (Å²) in [6, 6.07) is -0.671. The van der Waals surface area contributed by atoms with Gasteiger partial charge in [0.25, 0.3) is 0 Å². The molecule has 1 amide bonds. The zero-order valence-corrected chi connectivity index (χ0v) is 12.6. The summed E-state index contributed by atoms with van der Waals surface area (Å²) in [4.78, 5) is 22.6. The fourth-order valence-electron chi connectivity index (χ4n) is 1.57. The number of amides is 1. The molecule has 1 unspecified atom stereocenters. The van der Waals surface area contributed by atoms with E-state index in [-0.39, 0.29) is 22.6 Å². The zero-order valence-electron chi connectivity index (χ0n) is 11.8. The highest BCUT2D eigenvalue weighted by Crippen LogP contribution is 2.21. The van der Waals surface area contributed by atoms with Crippen molar-refractivity contribution in [1.82, 2.24) is 20.1 Å². The molecule has 1 heterocycles. The number of nitrogens with one attached hydrogen (secondary N) is 1. The van der Waals surface area contributed by atoms with Crippen molar-refractivity contribution in [3.8, 4) is 0 Å². The van der Waals surface area contributed by atoms with Gasteiger partial charge in [0.2, 0.25) is 5.91 Å². The van der Waals surface area contributed by atoms with Gasteiger partial charge >= 0.3 is 5.97 Å². The lowest BCUT2D eigenvalue weighted by atomic mass is 10.3. The Morgan fingerprint density at radius 2 is 2.19 bits per heavy atom. The maximum Gasteiger partial charge on any atom is 0.313 e. The molecule has 0 aliphatic heterocycles. The first-order valence-corrected chi connectivity index (χ1v) is 7.15. The van der Waals surface area contributed by atoms with E-state index in [1.165, 1.54) is 11.7 Å². The van der Waals surface area contributed by atoms with E-state index < -0.39 is 18.6 Å². The average Bonchev–Trinajstić information content (AvgIpc) is 2.87. The van der Waals surface area contributed by atoms with Gasteiger partial charge < -0.3 is 20.3 Å². The second kappa shape index (κ2) is 8.60. The molecule has 0 saturated heterocycles. The summed E-state index contributed by atoms with van der Waals surface area (Å²) in [5, 5.41) is 28.5. The molecule has 0 radical (unpaired) electrons. The number of aliphatic hydroxyl groups is 1. The smallest absolute Gasteiger partial charge is 0.313 e. The van der Waals surface area contributed by atoms with E-state index in [4.69, 9.17) is 9.84 Å². The van der Waals surface area contributed by atoms with Crippen LogP contribution in [-0.2, 0) is 20.9 Å². The minimum atomic E-state index is -1.00. The lowest BCUT2D eigenvalue weighted by Crippen LogP contribution is -2.34. The number of carbonyl (C=O) groups excluding carboxylic acids is 1. The van der Waals surface area contributed by atoms with Gasteiger partial charge in [-0.15, -0.1) is 10.2 Å². The quantitative estimate of drug-likeness (QED) is 0.402. The molecular formula is C11H18N4O5S. The Hall–Kier alpha value is -1.65. The highest BCUT2D eigenvalue weighted by atomic mass is 32.2. The maximum atomic E-state index is 12.0. The Bertz CT molecular complexity index is 493. The highest BCUT2D eigenvalue weighted by molar-refractivity contribution is 7.99. The molecule has 3 N–H and O–H groups in total.